The number of rotatable bonds is 2. The highest BCUT2D eigenvalue weighted by molar-refractivity contribution is 9.10. The van der Waals surface area contributed by atoms with Crippen molar-refractivity contribution in [3.05, 3.63) is 62.6 Å². The molecule has 1 aliphatic rings. The first-order chi connectivity index (χ1) is 9.97. The van der Waals surface area contributed by atoms with Crippen molar-refractivity contribution in [2.75, 3.05) is 11.9 Å². The molecule has 0 saturated heterocycles. The maximum absolute atomic E-state index is 11.8. The zero-order valence-electron chi connectivity index (χ0n) is 11.4. The number of fused-ring (bicyclic) bond motifs is 1. The highest BCUT2D eigenvalue weighted by atomic mass is 79.9. The van der Waals surface area contributed by atoms with Crippen LogP contribution in [0, 0.1) is 0 Å². The maximum atomic E-state index is 11.8. The van der Waals surface area contributed by atoms with Crippen LogP contribution in [-0.2, 0) is 11.2 Å². The SMILES string of the molecule is CN1C(=O)Cc2cc(C(N)c3cc(Cl)ccc3Br)ccc21. The number of benzene rings is 2. The van der Waals surface area contributed by atoms with E-state index in [-0.39, 0.29) is 11.9 Å². The Morgan fingerprint density at radius 2 is 2.05 bits per heavy atom. The summed E-state index contributed by atoms with van der Waals surface area (Å²) in [6.07, 6.45) is 0.434. The summed E-state index contributed by atoms with van der Waals surface area (Å²) in [6, 6.07) is 11.2. The van der Waals surface area contributed by atoms with E-state index < -0.39 is 0 Å². The Morgan fingerprint density at radius 3 is 2.81 bits per heavy atom. The number of nitrogens with zero attached hydrogens (tertiary/aromatic N) is 1. The van der Waals surface area contributed by atoms with Crippen LogP contribution in [0.4, 0.5) is 5.69 Å². The van der Waals surface area contributed by atoms with Crippen molar-refractivity contribution in [2.45, 2.75) is 12.5 Å². The summed E-state index contributed by atoms with van der Waals surface area (Å²) in [7, 11) is 1.79. The molecular weight excluding hydrogens is 352 g/mol. The third kappa shape index (κ3) is 2.59. The molecule has 0 bridgehead atoms. The van der Waals surface area contributed by atoms with Gasteiger partial charge in [-0.25, -0.2) is 0 Å². The largest absolute Gasteiger partial charge is 0.320 e. The second-order valence-electron chi connectivity index (χ2n) is 5.16. The molecule has 2 N–H and O–H groups in total. The first-order valence-electron chi connectivity index (χ1n) is 6.57. The summed E-state index contributed by atoms with van der Waals surface area (Å²) in [5.41, 5.74) is 10.2. The zero-order valence-corrected chi connectivity index (χ0v) is 13.8. The first-order valence-corrected chi connectivity index (χ1v) is 7.74. The first kappa shape index (κ1) is 14.6. The normalized spacial score (nSPS) is 15.2. The number of carbonyl (C=O) groups excluding carboxylic acids is 1. The molecule has 1 amide bonds. The molecule has 1 atom stereocenters. The van der Waals surface area contributed by atoms with Crippen LogP contribution in [0.5, 0.6) is 0 Å². The highest BCUT2D eigenvalue weighted by Gasteiger charge is 2.25. The van der Waals surface area contributed by atoms with E-state index in [1.54, 1.807) is 11.9 Å². The van der Waals surface area contributed by atoms with Crippen molar-refractivity contribution in [3.63, 3.8) is 0 Å². The molecule has 21 heavy (non-hydrogen) atoms. The summed E-state index contributed by atoms with van der Waals surface area (Å²) in [5.74, 6) is 0.111. The summed E-state index contributed by atoms with van der Waals surface area (Å²) >= 11 is 9.56. The van der Waals surface area contributed by atoms with Crippen LogP contribution in [0.3, 0.4) is 0 Å². The summed E-state index contributed by atoms with van der Waals surface area (Å²) in [5, 5.41) is 0.653. The van der Waals surface area contributed by atoms with Gasteiger partial charge in [0, 0.05) is 22.2 Å². The Hall–Kier alpha value is -1.36. The molecular formula is C16H14BrClN2O. The number of amides is 1. The zero-order chi connectivity index (χ0) is 15.1. The van der Waals surface area contributed by atoms with Crippen molar-refractivity contribution >= 4 is 39.1 Å². The Bertz CT molecular complexity index is 732. The van der Waals surface area contributed by atoms with Crippen LogP contribution in [0.15, 0.2) is 40.9 Å². The van der Waals surface area contributed by atoms with Crippen molar-refractivity contribution in [2.24, 2.45) is 5.73 Å². The van der Waals surface area contributed by atoms with E-state index >= 15 is 0 Å². The van der Waals surface area contributed by atoms with Crippen LogP contribution < -0.4 is 10.6 Å². The van der Waals surface area contributed by atoms with E-state index in [9.17, 15) is 4.79 Å². The van der Waals surface area contributed by atoms with Crippen molar-refractivity contribution < 1.29 is 4.79 Å². The van der Waals surface area contributed by atoms with Crippen LogP contribution >= 0.6 is 27.5 Å². The number of halogens is 2. The lowest BCUT2D eigenvalue weighted by Gasteiger charge is -2.17. The van der Waals surface area contributed by atoms with Gasteiger partial charge in [-0.3, -0.25) is 4.79 Å². The number of hydrogen-bond acceptors (Lipinski definition) is 2. The van der Waals surface area contributed by atoms with Gasteiger partial charge >= 0.3 is 0 Å². The highest BCUT2D eigenvalue weighted by Crippen LogP contribution is 2.34. The molecule has 0 aliphatic carbocycles. The molecule has 0 spiro atoms. The van der Waals surface area contributed by atoms with E-state index in [1.165, 1.54) is 0 Å². The molecule has 0 fully saturated rings. The summed E-state index contributed by atoms with van der Waals surface area (Å²) in [6.45, 7) is 0. The second kappa shape index (κ2) is 5.44. The van der Waals surface area contributed by atoms with Gasteiger partial charge in [0.25, 0.3) is 0 Å². The average molecular weight is 366 g/mol. The molecule has 3 rings (SSSR count). The van der Waals surface area contributed by atoms with Crippen molar-refractivity contribution in [3.8, 4) is 0 Å². The predicted molar refractivity (Wildman–Crippen MR) is 88.7 cm³/mol. The van der Waals surface area contributed by atoms with Crippen LogP contribution in [-0.4, -0.2) is 13.0 Å². The van der Waals surface area contributed by atoms with Gasteiger partial charge in [0.2, 0.25) is 5.91 Å². The standard InChI is InChI=1S/C16H14BrClN2O/c1-20-14-5-2-9(6-10(14)7-15(20)21)16(19)12-8-11(18)3-4-13(12)17/h2-6,8,16H,7,19H2,1H3. The van der Waals surface area contributed by atoms with Crippen molar-refractivity contribution in [1.29, 1.82) is 0 Å². The fourth-order valence-corrected chi connectivity index (χ4v) is 3.29. The van der Waals surface area contributed by atoms with Gasteiger partial charge in [0.1, 0.15) is 0 Å². The molecule has 1 unspecified atom stereocenters. The summed E-state index contributed by atoms with van der Waals surface area (Å²) < 4.78 is 0.924. The lowest BCUT2D eigenvalue weighted by atomic mass is 9.97. The minimum atomic E-state index is -0.288. The Labute approximate surface area is 136 Å². The number of hydrogen-bond donors (Lipinski definition) is 1. The minimum Gasteiger partial charge on any atom is -0.320 e. The monoisotopic (exact) mass is 364 g/mol. The molecule has 2 aromatic rings. The maximum Gasteiger partial charge on any atom is 0.231 e. The quantitative estimate of drug-likeness (QED) is 0.882. The van der Waals surface area contributed by atoms with Crippen LogP contribution in [0.1, 0.15) is 22.7 Å². The van der Waals surface area contributed by atoms with E-state index in [2.05, 4.69) is 15.9 Å². The van der Waals surface area contributed by atoms with E-state index in [0.717, 1.165) is 26.9 Å². The third-order valence-corrected chi connectivity index (χ3v) is 4.79. The molecule has 1 heterocycles. The molecule has 0 aromatic heterocycles. The minimum absolute atomic E-state index is 0.111. The molecule has 5 heteroatoms. The molecule has 2 aromatic carbocycles. The van der Waals surface area contributed by atoms with Crippen LogP contribution in [0.25, 0.3) is 0 Å². The van der Waals surface area contributed by atoms with Crippen molar-refractivity contribution in [1.82, 2.24) is 0 Å². The van der Waals surface area contributed by atoms with Gasteiger partial charge in [-0.05, 0) is 41.0 Å². The number of likely N-dealkylation sites (N-methyl/N-ethyl adjacent to an activating group) is 1. The number of anilines is 1. The third-order valence-electron chi connectivity index (χ3n) is 3.83. The fraction of sp³-hybridized carbons (Fsp3) is 0.188. The average Bonchev–Trinajstić information content (AvgIpc) is 2.75. The molecule has 1 aliphatic heterocycles. The Balaban J connectivity index is 2.00. The lowest BCUT2D eigenvalue weighted by Crippen LogP contribution is -2.20. The number of nitrogens with two attached hydrogens (primary N) is 1. The van der Waals surface area contributed by atoms with E-state index in [0.29, 0.717) is 11.4 Å². The molecule has 3 nitrogen and oxygen atoms in total. The van der Waals surface area contributed by atoms with Gasteiger partial charge in [-0.15, -0.1) is 0 Å². The molecule has 0 radical (unpaired) electrons. The molecule has 108 valence electrons. The fourth-order valence-electron chi connectivity index (χ4n) is 2.62. The second-order valence-corrected chi connectivity index (χ2v) is 6.45. The molecule has 0 saturated carbocycles. The Kier molecular flexibility index (Phi) is 3.78. The topological polar surface area (TPSA) is 46.3 Å². The van der Waals surface area contributed by atoms with E-state index in [4.69, 9.17) is 17.3 Å². The van der Waals surface area contributed by atoms with Gasteiger partial charge in [-0.2, -0.15) is 0 Å². The van der Waals surface area contributed by atoms with Gasteiger partial charge in [0.15, 0.2) is 0 Å². The smallest absolute Gasteiger partial charge is 0.231 e. The van der Waals surface area contributed by atoms with Crippen LogP contribution in [0.2, 0.25) is 5.02 Å². The van der Waals surface area contributed by atoms with Gasteiger partial charge in [-0.1, -0.05) is 39.7 Å². The predicted octanol–water partition coefficient (Wildman–Crippen LogP) is 3.67. The van der Waals surface area contributed by atoms with Gasteiger partial charge < -0.3 is 10.6 Å². The Morgan fingerprint density at radius 1 is 1.29 bits per heavy atom. The lowest BCUT2D eigenvalue weighted by molar-refractivity contribution is -0.117. The summed E-state index contributed by atoms with van der Waals surface area (Å²) in [4.78, 5) is 13.4. The van der Waals surface area contributed by atoms with E-state index in [1.807, 2.05) is 36.4 Å². The number of carbonyl (C=O) groups is 1. The van der Waals surface area contributed by atoms with Gasteiger partial charge in [0.05, 0.1) is 12.5 Å².